The predicted molar refractivity (Wildman–Crippen MR) is 126 cm³/mol. The molecule has 2 aromatic heterocycles. The van der Waals surface area contributed by atoms with Gasteiger partial charge in [0, 0.05) is 46.0 Å². The van der Waals surface area contributed by atoms with Crippen LogP contribution in [0.4, 0.5) is 11.5 Å². The zero-order valence-corrected chi connectivity index (χ0v) is 18.6. The quantitative estimate of drug-likeness (QED) is 0.478. The lowest BCUT2D eigenvalue weighted by molar-refractivity contribution is 0.456. The molecule has 0 fully saturated rings. The monoisotopic (exact) mass is 402 g/mol. The Bertz CT molecular complexity index is 1120. The Morgan fingerprint density at radius 2 is 2.07 bits per heavy atom. The number of pyridine rings is 1. The number of hydrogen-bond donors (Lipinski definition) is 0. The Morgan fingerprint density at radius 3 is 2.77 bits per heavy atom. The van der Waals surface area contributed by atoms with Crippen LogP contribution in [-0.2, 0) is 13.5 Å². The number of rotatable bonds is 4. The van der Waals surface area contributed by atoms with Crippen LogP contribution in [0.1, 0.15) is 31.4 Å². The van der Waals surface area contributed by atoms with Gasteiger partial charge in [-0.1, -0.05) is 19.1 Å². The molecule has 0 amide bonds. The molecule has 0 N–H and O–H groups in total. The Kier molecular flexibility index (Phi) is 5.57. The number of imidazole rings is 1. The fraction of sp³-hybridized carbons (Fsp3) is 0.375. The highest BCUT2D eigenvalue weighted by Crippen LogP contribution is 2.32. The van der Waals surface area contributed by atoms with Gasteiger partial charge in [0.05, 0.1) is 23.9 Å². The minimum Gasteiger partial charge on any atom is -0.357 e. The SMILES string of the molecule is CCc1cc(C2=CCN(C(C)=NC)CC2)ccc1N(C)c1cc2c(cn1)ncn2C. The minimum atomic E-state index is 0.919. The van der Waals surface area contributed by atoms with Gasteiger partial charge in [0.15, 0.2) is 0 Å². The fourth-order valence-corrected chi connectivity index (χ4v) is 4.09. The first-order valence-electron chi connectivity index (χ1n) is 10.5. The zero-order valence-electron chi connectivity index (χ0n) is 18.6. The molecule has 0 saturated heterocycles. The summed E-state index contributed by atoms with van der Waals surface area (Å²) in [7, 11) is 5.96. The number of aliphatic imine (C=N–C) groups is 1. The highest BCUT2D eigenvalue weighted by atomic mass is 15.2. The first-order chi connectivity index (χ1) is 14.5. The van der Waals surface area contributed by atoms with E-state index in [1.54, 1.807) is 0 Å². The average Bonchev–Trinajstić information content (AvgIpc) is 3.17. The zero-order chi connectivity index (χ0) is 21.3. The number of amidine groups is 1. The van der Waals surface area contributed by atoms with Gasteiger partial charge in [-0.15, -0.1) is 0 Å². The Labute approximate surface area is 178 Å². The van der Waals surface area contributed by atoms with Crippen LogP contribution in [-0.4, -0.2) is 52.5 Å². The van der Waals surface area contributed by atoms with Gasteiger partial charge in [0.2, 0.25) is 0 Å². The first-order valence-corrected chi connectivity index (χ1v) is 10.5. The highest BCUT2D eigenvalue weighted by molar-refractivity contribution is 5.82. The maximum Gasteiger partial charge on any atom is 0.134 e. The van der Waals surface area contributed by atoms with Crippen molar-refractivity contribution in [1.82, 2.24) is 19.4 Å². The van der Waals surface area contributed by atoms with Crippen molar-refractivity contribution in [2.24, 2.45) is 12.0 Å². The van der Waals surface area contributed by atoms with Gasteiger partial charge in [0.1, 0.15) is 11.3 Å². The third-order valence-electron chi connectivity index (χ3n) is 6.12. The topological polar surface area (TPSA) is 49.6 Å². The number of fused-ring (bicyclic) bond motifs is 1. The second kappa shape index (κ2) is 8.30. The molecule has 0 radical (unpaired) electrons. The van der Waals surface area contributed by atoms with E-state index in [4.69, 9.17) is 0 Å². The van der Waals surface area contributed by atoms with Gasteiger partial charge in [0.25, 0.3) is 0 Å². The molecule has 0 saturated carbocycles. The van der Waals surface area contributed by atoms with Crippen LogP contribution in [0.3, 0.4) is 0 Å². The molecular formula is C24H30N6. The standard InChI is InChI=1S/C24H30N6/c1-6-18-13-20(19-9-11-30(12-10-19)17(2)25-3)7-8-22(18)29(5)24-14-23-21(15-26-24)27-16-28(23)4/h7-9,13-16H,6,10-12H2,1-5H3. The van der Waals surface area contributed by atoms with Crippen LogP contribution in [0.2, 0.25) is 0 Å². The summed E-state index contributed by atoms with van der Waals surface area (Å²) in [6.07, 6.45) is 8.04. The summed E-state index contributed by atoms with van der Waals surface area (Å²) in [6, 6.07) is 8.92. The fourth-order valence-electron chi connectivity index (χ4n) is 4.09. The molecule has 0 spiro atoms. The van der Waals surface area contributed by atoms with Crippen LogP contribution in [0.25, 0.3) is 16.6 Å². The molecule has 0 aliphatic carbocycles. The number of aryl methyl sites for hydroxylation is 2. The minimum absolute atomic E-state index is 0.919. The third kappa shape index (κ3) is 3.70. The van der Waals surface area contributed by atoms with Crippen LogP contribution < -0.4 is 4.90 Å². The lowest BCUT2D eigenvalue weighted by atomic mass is 9.96. The summed E-state index contributed by atoms with van der Waals surface area (Å²) >= 11 is 0. The van der Waals surface area contributed by atoms with Crippen molar-refractivity contribution in [3.8, 4) is 0 Å². The molecule has 156 valence electrons. The van der Waals surface area contributed by atoms with Crippen molar-refractivity contribution in [3.63, 3.8) is 0 Å². The number of benzene rings is 1. The Hall–Kier alpha value is -3.15. The summed E-state index contributed by atoms with van der Waals surface area (Å²) in [5.41, 5.74) is 7.28. The molecule has 6 heteroatoms. The lowest BCUT2D eigenvalue weighted by Gasteiger charge is -2.28. The summed E-state index contributed by atoms with van der Waals surface area (Å²) in [5.74, 6) is 2.03. The van der Waals surface area contributed by atoms with Crippen molar-refractivity contribution in [2.75, 3.05) is 32.1 Å². The average molecular weight is 403 g/mol. The number of hydrogen-bond acceptors (Lipinski definition) is 4. The van der Waals surface area contributed by atoms with E-state index in [9.17, 15) is 0 Å². The van der Waals surface area contributed by atoms with Gasteiger partial charge in [-0.2, -0.15) is 0 Å². The van der Waals surface area contributed by atoms with Crippen molar-refractivity contribution >= 4 is 33.9 Å². The van der Waals surface area contributed by atoms with Gasteiger partial charge in [-0.3, -0.25) is 4.99 Å². The normalized spacial score (nSPS) is 14.9. The molecule has 1 aliphatic rings. The largest absolute Gasteiger partial charge is 0.357 e. The molecule has 1 aromatic carbocycles. The van der Waals surface area contributed by atoms with Crippen molar-refractivity contribution in [1.29, 1.82) is 0 Å². The van der Waals surface area contributed by atoms with E-state index < -0.39 is 0 Å². The van der Waals surface area contributed by atoms with Crippen molar-refractivity contribution in [2.45, 2.75) is 26.7 Å². The van der Waals surface area contributed by atoms with E-state index in [-0.39, 0.29) is 0 Å². The molecular weight excluding hydrogens is 372 g/mol. The van der Waals surface area contributed by atoms with Gasteiger partial charge >= 0.3 is 0 Å². The molecule has 6 nitrogen and oxygen atoms in total. The van der Waals surface area contributed by atoms with E-state index in [1.807, 2.05) is 31.2 Å². The summed E-state index contributed by atoms with van der Waals surface area (Å²) < 4.78 is 2.03. The lowest BCUT2D eigenvalue weighted by Crippen LogP contribution is -2.32. The van der Waals surface area contributed by atoms with Gasteiger partial charge < -0.3 is 14.4 Å². The van der Waals surface area contributed by atoms with E-state index in [0.29, 0.717) is 0 Å². The Balaban J connectivity index is 1.62. The van der Waals surface area contributed by atoms with Crippen LogP contribution >= 0.6 is 0 Å². The molecule has 0 atom stereocenters. The van der Waals surface area contributed by atoms with E-state index >= 15 is 0 Å². The maximum atomic E-state index is 4.64. The number of nitrogens with zero attached hydrogens (tertiary/aromatic N) is 6. The van der Waals surface area contributed by atoms with E-state index in [1.165, 1.54) is 22.4 Å². The highest BCUT2D eigenvalue weighted by Gasteiger charge is 2.16. The summed E-state index contributed by atoms with van der Waals surface area (Å²) in [6.45, 7) is 6.24. The maximum absolute atomic E-state index is 4.64. The Morgan fingerprint density at radius 1 is 1.23 bits per heavy atom. The number of anilines is 2. The first kappa shape index (κ1) is 20.1. The molecule has 3 heterocycles. The second-order valence-electron chi connectivity index (χ2n) is 7.84. The molecule has 0 unspecified atom stereocenters. The molecule has 3 aromatic rings. The smallest absolute Gasteiger partial charge is 0.134 e. The van der Waals surface area contributed by atoms with Crippen molar-refractivity contribution in [3.05, 3.63) is 54.0 Å². The van der Waals surface area contributed by atoms with E-state index in [0.717, 1.165) is 48.6 Å². The van der Waals surface area contributed by atoms with Crippen LogP contribution in [0.15, 0.2) is 47.9 Å². The van der Waals surface area contributed by atoms with Gasteiger partial charge in [-0.25, -0.2) is 9.97 Å². The molecule has 0 bridgehead atoms. The number of aromatic nitrogens is 3. The molecule has 4 rings (SSSR count). The summed E-state index contributed by atoms with van der Waals surface area (Å²) in [5, 5.41) is 0. The van der Waals surface area contributed by atoms with Crippen LogP contribution in [0.5, 0.6) is 0 Å². The summed E-state index contributed by atoms with van der Waals surface area (Å²) in [4.78, 5) is 17.8. The molecule has 30 heavy (non-hydrogen) atoms. The third-order valence-corrected chi connectivity index (χ3v) is 6.12. The van der Waals surface area contributed by atoms with E-state index in [2.05, 4.69) is 76.0 Å². The molecule has 1 aliphatic heterocycles. The second-order valence-corrected chi connectivity index (χ2v) is 7.84. The van der Waals surface area contributed by atoms with Crippen molar-refractivity contribution < 1.29 is 0 Å². The van der Waals surface area contributed by atoms with Gasteiger partial charge in [-0.05, 0) is 48.6 Å². The van der Waals surface area contributed by atoms with Crippen LogP contribution in [0, 0.1) is 0 Å². The predicted octanol–water partition coefficient (Wildman–Crippen LogP) is 4.44.